The van der Waals surface area contributed by atoms with Gasteiger partial charge in [-0.25, -0.2) is 4.98 Å². The summed E-state index contributed by atoms with van der Waals surface area (Å²) in [5.41, 5.74) is 2.14. The normalized spacial score (nSPS) is 9.93. The second kappa shape index (κ2) is 4.01. The number of aromatic nitrogens is 1. The maximum Gasteiger partial charge on any atom is 0.147 e. The SMILES string of the molecule is Cc1cc(-c2cccs2)c(C#N)c(Cl)n1. The summed E-state index contributed by atoms with van der Waals surface area (Å²) in [6.07, 6.45) is 0. The number of hydrogen-bond acceptors (Lipinski definition) is 3. The van der Waals surface area contributed by atoms with E-state index in [0.717, 1.165) is 16.1 Å². The molecule has 0 aliphatic rings. The minimum Gasteiger partial charge on any atom is -0.240 e. The summed E-state index contributed by atoms with van der Waals surface area (Å²) >= 11 is 7.51. The van der Waals surface area contributed by atoms with E-state index in [-0.39, 0.29) is 5.15 Å². The molecule has 2 rings (SSSR count). The highest BCUT2D eigenvalue weighted by Crippen LogP contribution is 2.31. The summed E-state index contributed by atoms with van der Waals surface area (Å²) in [5, 5.41) is 11.3. The predicted molar refractivity (Wildman–Crippen MR) is 62.0 cm³/mol. The van der Waals surface area contributed by atoms with Crippen LogP contribution in [0.15, 0.2) is 23.6 Å². The first-order valence-corrected chi connectivity index (χ1v) is 5.59. The fourth-order valence-electron chi connectivity index (χ4n) is 1.37. The Balaban J connectivity index is 2.71. The zero-order valence-corrected chi connectivity index (χ0v) is 9.56. The van der Waals surface area contributed by atoms with Crippen molar-refractivity contribution < 1.29 is 0 Å². The van der Waals surface area contributed by atoms with Gasteiger partial charge >= 0.3 is 0 Å². The number of hydrogen-bond donors (Lipinski definition) is 0. The van der Waals surface area contributed by atoms with E-state index in [1.807, 2.05) is 30.5 Å². The van der Waals surface area contributed by atoms with Crippen molar-refractivity contribution in [2.75, 3.05) is 0 Å². The fourth-order valence-corrected chi connectivity index (χ4v) is 2.39. The summed E-state index contributed by atoms with van der Waals surface area (Å²) in [6, 6.07) is 7.89. The van der Waals surface area contributed by atoms with Crippen molar-refractivity contribution in [3.63, 3.8) is 0 Å². The molecule has 2 nitrogen and oxygen atoms in total. The quantitative estimate of drug-likeness (QED) is 0.707. The Morgan fingerprint density at radius 1 is 1.53 bits per heavy atom. The molecular weight excluding hydrogens is 228 g/mol. The van der Waals surface area contributed by atoms with Crippen LogP contribution < -0.4 is 0 Å². The highest BCUT2D eigenvalue weighted by molar-refractivity contribution is 7.13. The number of nitrogens with zero attached hydrogens (tertiary/aromatic N) is 2. The van der Waals surface area contributed by atoms with E-state index >= 15 is 0 Å². The minimum absolute atomic E-state index is 0.279. The molecule has 74 valence electrons. The van der Waals surface area contributed by atoms with Gasteiger partial charge in [-0.05, 0) is 24.4 Å². The lowest BCUT2D eigenvalue weighted by Gasteiger charge is -2.04. The van der Waals surface area contributed by atoms with E-state index in [1.165, 1.54) is 0 Å². The lowest BCUT2D eigenvalue weighted by atomic mass is 10.1. The van der Waals surface area contributed by atoms with Gasteiger partial charge in [-0.2, -0.15) is 5.26 Å². The van der Waals surface area contributed by atoms with Crippen LogP contribution in [0, 0.1) is 18.3 Å². The molecule has 2 heterocycles. The van der Waals surface area contributed by atoms with Crippen LogP contribution in [0.2, 0.25) is 5.15 Å². The van der Waals surface area contributed by atoms with E-state index in [2.05, 4.69) is 11.1 Å². The topological polar surface area (TPSA) is 36.7 Å². The van der Waals surface area contributed by atoms with Gasteiger partial charge < -0.3 is 0 Å². The molecule has 2 aromatic rings. The van der Waals surface area contributed by atoms with Crippen LogP contribution in [0.4, 0.5) is 0 Å². The lowest BCUT2D eigenvalue weighted by molar-refractivity contribution is 1.19. The van der Waals surface area contributed by atoms with Crippen molar-refractivity contribution in [2.24, 2.45) is 0 Å². The third-order valence-electron chi connectivity index (χ3n) is 2.00. The van der Waals surface area contributed by atoms with Gasteiger partial charge in [0.2, 0.25) is 0 Å². The molecule has 0 radical (unpaired) electrons. The highest BCUT2D eigenvalue weighted by atomic mass is 35.5. The third-order valence-corrected chi connectivity index (χ3v) is 3.18. The fraction of sp³-hybridized carbons (Fsp3) is 0.0909. The molecule has 0 amide bonds. The van der Waals surface area contributed by atoms with Crippen molar-refractivity contribution >= 4 is 22.9 Å². The smallest absolute Gasteiger partial charge is 0.147 e. The number of nitriles is 1. The van der Waals surface area contributed by atoms with Crippen LogP contribution in [-0.2, 0) is 0 Å². The summed E-state index contributed by atoms with van der Waals surface area (Å²) in [4.78, 5) is 5.10. The van der Waals surface area contributed by atoms with Crippen molar-refractivity contribution in [2.45, 2.75) is 6.92 Å². The van der Waals surface area contributed by atoms with E-state index in [9.17, 15) is 0 Å². The molecule has 4 heteroatoms. The molecule has 0 aliphatic carbocycles. The van der Waals surface area contributed by atoms with E-state index < -0.39 is 0 Å². The number of rotatable bonds is 1. The summed E-state index contributed by atoms with van der Waals surface area (Å²) in [7, 11) is 0. The van der Waals surface area contributed by atoms with E-state index in [0.29, 0.717) is 5.56 Å². The second-order valence-electron chi connectivity index (χ2n) is 3.07. The molecule has 0 unspecified atom stereocenters. The van der Waals surface area contributed by atoms with Crippen molar-refractivity contribution in [3.8, 4) is 16.5 Å². The molecule has 0 aliphatic heterocycles. The molecule has 15 heavy (non-hydrogen) atoms. The Morgan fingerprint density at radius 3 is 2.93 bits per heavy atom. The van der Waals surface area contributed by atoms with Gasteiger partial charge in [-0.1, -0.05) is 17.7 Å². The van der Waals surface area contributed by atoms with Crippen LogP contribution in [0.3, 0.4) is 0 Å². The number of halogens is 1. The van der Waals surface area contributed by atoms with Gasteiger partial charge in [0.05, 0.1) is 5.56 Å². The molecule has 0 aromatic carbocycles. The van der Waals surface area contributed by atoms with E-state index in [4.69, 9.17) is 16.9 Å². The molecule has 0 saturated carbocycles. The van der Waals surface area contributed by atoms with Gasteiger partial charge in [0.1, 0.15) is 11.2 Å². The zero-order valence-electron chi connectivity index (χ0n) is 7.99. The predicted octanol–water partition coefficient (Wildman–Crippen LogP) is 3.64. The third kappa shape index (κ3) is 1.87. The van der Waals surface area contributed by atoms with Crippen LogP contribution in [-0.4, -0.2) is 4.98 Å². The summed E-state index contributed by atoms with van der Waals surface area (Å²) in [6.45, 7) is 1.87. The maximum atomic E-state index is 9.02. The largest absolute Gasteiger partial charge is 0.240 e. The Hall–Kier alpha value is -1.37. The minimum atomic E-state index is 0.279. The molecule has 0 fully saturated rings. The van der Waals surface area contributed by atoms with E-state index in [1.54, 1.807) is 11.3 Å². The number of pyridine rings is 1. The zero-order chi connectivity index (χ0) is 10.8. The molecular formula is C11H7ClN2S. The molecule has 2 aromatic heterocycles. The highest BCUT2D eigenvalue weighted by Gasteiger charge is 2.11. The molecule has 0 spiro atoms. The van der Waals surface area contributed by atoms with Crippen LogP contribution in [0.1, 0.15) is 11.3 Å². The second-order valence-corrected chi connectivity index (χ2v) is 4.37. The first kappa shape index (κ1) is 10.2. The van der Waals surface area contributed by atoms with Crippen molar-refractivity contribution in [1.29, 1.82) is 5.26 Å². The Bertz CT molecular complexity index is 526. The molecule has 0 atom stereocenters. The monoisotopic (exact) mass is 234 g/mol. The summed E-state index contributed by atoms with van der Waals surface area (Å²) in [5.74, 6) is 0. The first-order valence-electron chi connectivity index (χ1n) is 4.33. The van der Waals surface area contributed by atoms with Gasteiger partial charge in [-0.15, -0.1) is 11.3 Å². The van der Waals surface area contributed by atoms with Crippen molar-refractivity contribution in [1.82, 2.24) is 4.98 Å². The van der Waals surface area contributed by atoms with Crippen LogP contribution in [0.5, 0.6) is 0 Å². The van der Waals surface area contributed by atoms with Crippen LogP contribution >= 0.6 is 22.9 Å². The van der Waals surface area contributed by atoms with Gasteiger partial charge in [0.15, 0.2) is 0 Å². The molecule has 0 bridgehead atoms. The lowest BCUT2D eigenvalue weighted by Crippen LogP contribution is -1.90. The van der Waals surface area contributed by atoms with Gasteiger partial charge in [0, 0.05) is 16.1 Å². The first-order chi connectivity index (χ1) is 7.22. The Kier molecular flexibility index (Phi) is 2.72. The Labute approximate surface area is 96.8 Å². The Morgan fingerprint density at radius 2 is 2.33 bits per heavy atom. The average molecular weight is 235 g/mol. The maximum absolute atomic E-state index is 9.02. The number of thiophene rings is 1. The molecule has 0 saturated heterocycles. The summed E-state index contributed by atoms with van der Waals surface area (Å²) < 4.78 is 0. The average Bonchev–Trinajstić information content (AvgIpc) is 2.69. The van der Waals surface area contributed by atoms with Crippen molar-refractivity contribution in [3.05, 3.63) is 40.0 Å². The van der Waals surface area contributed by atoms with Gasteiger partial charge in [0.25, 0.3) is 0 Å². The standard InChI is InChI=1S/C11H7ClN2S/c1-7-5-8(10-3-2-4-15-10)9(6-13)11(12)14-7/h2-5H,1H3. The molecule has 0 N–H and O–H groups in total. The van der Waals surface area contributed by atoms with Gasteiger partial charge in [-0.3, -0.25) is 0 Å². The van der Waals surface area contributed by atoms with Crippen LogP contribution in [0.25, 0.3) is 10.4 Å². The number of aryl methyl sites for hydroxylation is 1.